The van der Waals surface area contributed by atoms with Crippen molar-refractivity contribution >= 4 is 35.0 Å². The summed E-state index contributed by atoms with van der Waals surface area (Å²) in [5.41, 5.74) is -0.956. The molecule has 1 aromatic carbocycles. The molecule has 3 aliphatic heterocycles. The number of nitrogens with one attached hydrogen (secondary N) is 1. The molecular weight excluding hydrogens is 405 g/mol. The van der Waals surface area contributed by atoms with Gasteiger partial charge in [0.05, 0.1) is 23.3 Å². The third-order valence-corrected chi connectivity index (χ3v) is 6.00. The lowest BCUT2D eigenvalue weighted by Crippen LogP contribution is -2.57. The highest BCUT2D eigenvalue weighted by Gasteiger charge is 2.62. The Kier molecular flexibility index (Phi) is 4.71. The van der Waals surface area contributed by atoms with Crippen molar-refractivity contribution in [3.63, 3.8) is 0 Å². The summed E-state index contributed by atoms with van der Waals surface area (Å²) in [6.07, 6.45) is -3.93. The number of imide groups is 1. The summed E-state index contributed by atoms with van der Waals surface area (Å²) in [6.45, 7) is 5.32. The first-order valence-electron chi connectivity index (χ1n) is 9.47. The molecule has 3 saturated heterocycles. The van der Waals surface area contributed by atoms with Crippen molar-refractivity contribution in [1.29, 1.82) is 0 Å². The van der Waals surface area contributed by atoms with Crippen LogP contribution in [0.4, 0.5) is 23.7 Å². The lowest BCUT2D eigenvalue weighted by molar-refractivity contribution is -0.137. The van der Waals surface area contributed by atoms with Crippen molar-refractivity contribution in [2.75, 3.05) is 18.0 Å². The number of urea groups is 1. The molecule has 0 aliphatic carbocycles. The third-order valence-electron chi connectivity index (χ3n) is 5.62. The number of amides is 3. The molecule has 6 nitrogen and oxygen atoms in total. The zero-order chi connectivity index (χ0) is 21.1. The lowest BCUT2D eigenvalue weighted by atomic mass is 10.1. The molecule has 4 rings (SSSR count). The minimum atomic E-state index is -4.55. The quantitative estimate of drug-likeness (QED) is 0.595. The van der Waals surface area contributed by atoms with Gasteiger partial charge in [-0.15, -0.1) is 0 Å². The highest BCUT2D eigenvalue weighted by Crippen LogP contribution is 2.43. The predicted molar refractivity (Wildman–Crippen MR) is 104 cm³/mol. The summed E-state index contributed by atoms with van der Waals surface area (Å²) in [7, 11) is 0. The Hall–Kier alpha value is -2.36. The van der Waals surface area contributed by atoms with Gasteiger partial charge in [-0.3, -0.25) is 4.79 Å². The maximum atomic E-state index is 13.1. The van der Waals surface area contributed by atoms with E-state index in [-0.39, 0.29) is 17.8 Å². The number of hydrogen-bond donors (Lipinski definition) is 1. The van der Waals surface area contributed by atoms with Gasteiger partial charge in [-0.05, 0) is 42.8 Å². The second kappa shape index (κ2) is 6.86. The molecule has 3 aliphatic rings. The third kappa shape index (κ3) is 3.23. The van der Waals surface area contributed by atoms with Gasteiger partial charge in [0.25, 0.3) is 5.91 Å². The van der Waals surface area contributed by atoms with Crippen LogP contribution in [0.5, 0.6) is 0 Å². The molecule has 3 amide bonds. The van der Waals surface area contributed by atoms with E-state index in [1.807, 2.05) is 4.90 Å². The molecule has 3 atom stereocenters. The van der Waals surface area contributed by atoms with Gasteiger partial charge in [0.2, 0.25) is 0 Å². The number of thiocarbonyl (C=S) groups is 1. The van der Waals surface area contributed by atoms with Crippen LogP contribution in [0.3, 0.4) is 0 Å². The van der Waals surface area contributed by atoms with Crippen molar-refractivity contribution < 1.29 is 22.8 Å². The topological polar surface area (TPSA) is 55.9 Å². The maximum Gasteiger partial charge on any atom is 0.416 e. The Labute approximate surface area is 171 Å². The molecule has 156 valence electrons. The van der Waals surface area contributed by atoms with Crippen molar-refractivity contribution in [1.82, 2.24) is 15.1 Å². The number of halogens is 3. The van der Waals surface area contributed by atoms with Crippen LogP contribution in [-0.4, -0.2) is 58.1 Å². The molecule has 0 spiro atoms. The average molecular weight is 426 g/mol. The highest BCUT2D eigenvalue weighted by atomic mass is 32.1. The van der Waals surface area contributed by atoms with Crippen LogP contribution in [0.1, 0.15) is 25.8 Å². The number of piperazine rings is 1. The van der Waals surface area contributed by atoms with Crippen LogP contribution in [0.2, 0.25) is 0 Å². The van der Waals surface area contributed by atoms with Crippen LogP contribution >= 0.6 is 12.2 Å². The van der Waals surface area contributed by atoms with E-state index < -0.39 is 29.7 Å². The first kappa shape index (κ1) is 19.9. The Morgan fingerprint density at radius 3 is 2.69 bits per heavy atom. The molecule has 10 heteroatoms. The molecule has 1 aromatic rings. The SMILES string of the molecule is CC(C)CNC(=S)N1CC2CC1[C@@H]1C(=O)N(c3cccc(C(F)(F)F)c3)C(=O)N21. The summed E-state index contributed by atoms with van der Waals surface area (Å²) in [5, 5.41) is 3.73. The predicted octanol–water partition coefficient (Wildman–Crippen LogP) is 2.83. The van der Waals surface area contributed by atoms with E-state index in [0.29, 0.717) is 30.5 Å². The van der Waals surface area contributed by atoms with Gasteiger partial charge in [0, 0.05) is 13.1 Å². The Morgan fingerprint density at radius 1 is 1.31 bits per heavy atom. The van der Waals surface area contributed by atoms with Crippen LogP contribution in [0.15, 0.2) is 24.3 Å². The Morgan fingerprint density at radius 2 is 2.03 bits per heavy atom. The number of fused-ring (bicyclic) bond motifs is 5. The van der Waals surface area contributed by atoms with E-state index >= 15 is 0 Å². The molecule has 29 heavy (non-hydrogen) atoms. The van der Waals surface area contributed by atoms with Crippen molar-refractivity contribution in [3.8, 4) is 0 Å². The Bertz CT molecular complexity index is 875. The standard InChI is InChI=1S/C19H21F3N4O2S/c1-10(2)8-23-17(29)24-9-13-7-14(24)15-16(27)26(18(28)25(13)15)12-5-3-4-11(6-12)19(20,21)22/h3-6,10,13-15H,7-9H2,1-2H3,(H,23,29)/t13?,14?,15-/m1/s1. The summed E-state index contributed by atoms with van der Waals surface area (Å²) < 4.78 is 39.2. The first-order chi connectivity index (χ1) is 13.6. The van der Waals surface area contributed by atoms with Gasteiger partial charge < -0.3 is 15.1 Å². The highest BCUT2D eigenvalue weighted by molar-refractivity contribution is 7.80. The normalized spacial score (nSPS) is 26.0. The van der Waals surface area contributed by atoms with Crippen LogP contribution in [-0.2, 0) is 11.0 Å². The van der Waals surface area contributed by atoms with Crippen LogP contribution in [0, 0.1) is 5.92 Å². The van der Waals surface area contributed by atoms with E-state index in [2.05, 4.69) is 19.2 Å². The smallest absolute Gasteiger partial charge is 0.362 e. The van der Waals surface area contributed by atoms with Gasteiger partial charge in [0.15, 0.2) is 5.11 Å². The molecule has 0 saturated carbocycles. The maximum absolute atomic E-state index is 13.1. The molecular formula is C19H21F3N4O2S. The van der Waals surface area contributed by atoms with E-state index in [1.54, 1.807) is 0 Å². The zero-order valence-corrected chi connectivity index (χ0v) is 16.8. The summed E-state index contributed by atoms with van der Waals surface area (Å²) in [6, 6.07) is 2.57. The van der Waals surface area contributed by atoms with Gasteiger partial charge >= 0.3 is 12.2 Å². The number of rotatable bonds is 3. The van der Waals surface area contributed by atoms with Crippen LogP contribution < -0.4 is 10.2 Å². The number of anilines is 1. The average Bonchev–Trinajstić information content (AvgIpc) is 3.30. The molecule has 1 N–H and O–H groups in total. The van der Waals surface area contributed by atoms with Crippen molar-refractivity contribution in [2.45, 2.75) is 44.6 Å². The first-order valence-corrected chi connectivity index (χ1v) is 9.88. The summed E-state index contributed by atoms with van der Waals surface area (Å²) >= 11 is 5.47. The van der Waals surface area contributed by atoms with Crippen LogP contribution in [0.25, 0.3) is 0 Å². The molecule has 0 radical (unpaired) electrons. The van der Waals surface area contributed by atoms with E-state index in [4.69, 9.17) is 12.2 Å². The second-order valence-corrected chi connectivity index (χ2v) is 8.43. The fraction of sp³-hybridized carbons (Fsp3) is 0.526. The number of hydrogen-bond acceptors (Lipinski definition) is 3. The number of benzene rings is 1. The molecule has 0 aromatic heterocycles. The minimum Gasteiger partial charge on any atom is -0.362 e. The summed E-state index contributed by atoms with van der Waals surface area (Å²) in [4.78, 5) is 30.3. The van der Waals surface area contributed by atoms with Gasteiger partial charge in [-0.2, -0.15) is 13.2 Å². The summed E-state index contributed by atoms with van der Waals surface area (Å²) in [5.74, 6) is -0.103. The van der Waals surface area contributed by atoms with Gasteiger partial charge in [0.1, 0.15) is 6.04 Å². The lowest BCUT2D eigenvalue weighted by Gasteiger charge is -2.36. The number of carbonyl (C=O) groups is 2. The number of nitrogens with zero attached hydrogens (tertiary/aromatic N) is 3. The number of alkyl halides is 3. The van der Waals surface area contributed by atoms with Gasteiger partial charge in [-0.1, -0.05) is 19.9 Å². The van der Waals surface area contributed by atoms with Crippen molar-refractivity contribution in [3.05, 3.63) is 29.8 Å². The number of carbonyl (C=O) groups excluding carboxylic acids is 2. The largest absolute Gasteiger partial charge is 0.416 e. The monoisotopic (exact) mass is 426 g/mol. The van der Waals surface area contributed by atoms with E-state index in [0.717, 1.165) is 17.0 Å². The van der Waals surface area contributed by atoms with Crippen molar-refractivity contribution in [2.24, 2.45) is 5.92 Å². The number of likely N-dealkylation sites (tertiary alicyclic amines) is 1. The Balaban J connectivity index is 1.58. The van der Waals surface area contributed by atoms with E-state index in [9.17, 15) is 22.8 Å². The molecule has 3 fully saturated rings. The van der Waals surface area contributed by atoms with Gasteiger partial charge in [-0.25, -0.2) is 9.69 Å². The molecule has 2 unspecified atom stereocenters. The molecule has 2 bridgehead atoms. The molecule has 3 heterocycles. The second-order valence-electron chi connectivity index (χ2n) is 8.05. The zero-order valence-electron chi connectivity index (χ0n) is 15.9. The minimum absolute atomic E-state index is 0.0596. The fourth-order valence-electron chi connectivity index (χ4n) is 4.34. The fourth-order valence-corrected chi connectivity index (χ4v) is 4.64. The van der Waals surface area contributed by atoms with E-state index in [1.165, 1.54) is 17.0 Å².